The molecule has 0 saturated carbocycles. The van der Waals surface area contributed by atoms with Crippen molar-refractivity contribution in [1.82, 2.24) is 15.1 Å². The van der Waals surface area contributed by atoms with Crippen molar-refractivity contribution in [3.8, 4) is 11.5 Å². The summed E-state index contributed by atoms with van der Waals surface area (Å²) in [6, 6.07) is 13.5. The first-order chi connectivity index (χ1) is 17.1. The van der Waals surface area contributed by atoms with E-state index in [1.807, 2.05) is 42.5 Å². The lowest BCUT2D eigenvalue weighted by Crippen LogP contribution is -2.17. The average molecular weight is 469 g/mol. The van der Waals surface area contributed by atoms with Crippen LogP contribution >= 0.6 is 0 Å². The molecule has 0 radical (unpaired) electrons. The summed E-state index contributed by atoms with van der Waals surface area (Å²) in [5, 5.41) is 4.57. The van der Waals surface area contributed by atoms with Gasteiger partial charge in [-0.3, -0.25) is 0 Å². The lowest BCUT2D eigenvalue weighted by atomic mass is 9.86. The Morgan fingerprint density at radius 2 is 1.94 bits per heavy atom. The van der Waals surface area contributed by atoms with Gasteiger partial charge in [-0.05, 0) is 74.1 Å². The van der Waals surface area contributed by atoms with Gasteiger partial charge >= 0.3 is 5.97 Å². The fourth-order valence-electron chi connectivity index (χ4n) is 4.66. The number of carbonyl (C=O) groups is 1. The van der Waals surface area contributed by atoms with Crippen LogP contribution in [0.1, 0.15) is 64.8 Å². The van der Waals surface area contributed by atoms with Crippen molar-refractivity contribution < 1.29 is 23.5 Å². The van der Waals surface area contributed by atoms with Crippen molar-refractivity contribution in [2.75, 3.05) is 6.79 Å². The van der Waals surface area contributed by atoms with Gasteiger partial charge in [-0.2, -0.15) is 4.98 Å². The number of rotatable bonds is 4. The Hall–Kier alpha value is -4.20. The topological polar surface area (TPSA) is 96.6 Å². The van der Waals surface area contributed by atoms with Crippen LogP contribution in [0, 0.1) is 6.92 Å². The normalized spacial score (nSPS) is 16.3. The number of nitrogens with zero attached hydrogens (tertiary/aromatic N) is 3. The third-order valence-electron chi connectivity index (χ3n) is 6.29. The minimum Gasteiger partial charge on any atom is -0.454 e. The first kappa shape index (κ1) is 21.3. The summed E-state index contributed by atoms with van der Waals surface area (Å²) in [6.07, 6.45) is 3.95. The molecule has 0 saturated heterocycles. The molecule has 1 unspecified atom stereocenters. The van der Waals surface area contributed by atoms with Crippen molar-refractivity contribution in [2.24, 2.45) is 0 Å². The van der Waals surface area contributed by atoms with E-state index in [1.54, 1.807) is 13.8 Å². The monoisotopic (exact) mass is 469 g/mol. The number of para-hydroxylation sites is 1. The Balaban J connectivity index is 1.43. The average Bonchev–Trinajstić information content (AvgIpc) is 3.51. The van der Waals surface area contributed by atoms with E-state index in [-0.39, 0.29) is 12.7 Å². The highest BCUT2D eigenvalue weighted by molar-refractivity contribution is 6.06. The highest BCUT2D eigenvalue weighted by Crippen LogP contribution is 2.38. The van der Waals surface area contributed by atoms with E-state index in [0.29, 0.717) is 11.4 Å². The summed E-state index contributed by atoms with van der Waals surface area (Å²) in [5.74, 6) is 1.82. The number of aromatic nitrogens is 3. The van der Waals surface area contributed by atoms with Crippen LogP contribution in [0.5, 0.6) is 11.5 Å². The number of allylic oxidation sites excluding steroid dienone is 1. The smallest absolute Gasteiger partial charge is 0.339 e. The number of ether oxygens (including phenoxy) is 3. The zero-order chi connectivity index (χ0) is 23.9. The van der Waals surface area contributed by atoms with Crippen molar-refractivity contribution in [3.63, 3.8) is 0 Å². The molecule has 0 fully saturated rings. The number of pyridine rings is 1. The molecule has 176 valence electrons. The zero-order valence-electron chi connectivity index (χ0n) is 19.4. The van der Waals surface area contributed by atoms with E-state index in [0.717, 1.165) is 64.1 Å². The van der Waals surface area contributed by atoms with Crippen LogP contribution in [-0.2, 0) is 11.2 Å². The SMILES string of the molecule is Cc1noc(C(C)OC(=O)c2c3c(nc4ccccc24)/C(=C/c2ccc4c(c2)OCO4)CCC3)n1. The Kier molecular flexibility index (Phi) is 5.21. The number of aryl methyl sites for hydroxylation is 1. The number of esters is 1. The van der Waals surface area contributed by atoms with Gasteiger partial charge in [0.15, 0.2) is 23.4 Å². The standard InChI is InChI=1S/C27H23N3O5/c1-15(26-28-16(2)30-35-26)34-27(31)24-19-7-3-4-9-21(19)29-25-18(6-5-8-20(24)25)12-17-10-11-22-23(13-17)33-14-32-22/h3-4,7,9-13,15H,5-6,8,14H2,1-2H3/b18-12+. The third-order valence-corrected chi connectivity index (χ3v) is 6.29. The van der Waals surface area contributed by atoms with E-state index in [1.165, 1.54) is 0 Å². The summed E-state index contributed by atoms with van der Waals surface area (Å²) in [6.45, 7) is 3.69. The van der Waals surface area contributed by atoms with Gasteiger partial charge in [0.05, 0.1) is 16.8 Å². The van der Waals surface area contributed by atoms with Crippen LogP contribution in [0.2, 0.25) is 0 Å². The van der Waals surface area contributed by atoms with Crippen molar-refractivity contribution >= 4 is 28.5 Å². The van der Waals surface area contributed by atoms with Gasteiger partial charge in [-0.25, -0.2) is 9.78 Å². The number of hydrogen-bond acceptors (Lipinski definition) is 8. The van der Waals surface area contributed by atoms with Crippen LogP contribution in [0.4, 0.5) is 0 Å². The van der Waals surface area contributed by atoms with E-state index in [4.69, 9.17) is 23.7 Å². The van der Waals surface area contributed by atoms with Crippen molar-refractivity contribution in [3.05, 3.63) is 76.6 Å². The van der Waals surface area contributed by atoms with Crippen LogP contribution in [0.3, 0.4) is 0 Å². The van der Waals surface area contributed by atoms with Crippen LogP contribution < -0.4 is 9.47 Å². The van der Waals surface area contributed by atoms with Gasteiger partial charge in [0.2, 0.25) is 6.79 Å². The molecule has 8 nitrogen and oxygen atoms in total. The Morgan fingerprint density at radius 3 is 2.80 bits per heavy atom. The molecule has 2 aliphatic rings. The molecule has 1 atom stereocenters. The van der Waals surface area contributed by atoms with E-state index >= 15 is 0 Å². The Labute approximate surface area is 201 Å². The van der Waals surface area contributed by atoms with Gasteiger partial charge in [0.25, 0.3) is 5.89 Å². The first-order valence-electron chi connectivity index (χ1n) is 11.6. The molecule has 1 aliphatic carbocycles. The molecule has 1 aliphatic heterocycles. The highest BCUT2D eigenvalue weighted by Gasteiger charge is 2.28. The van der Waals surface area contributed by atoms with Gasteiger partial charge in [-0.1, -0.05) is 29.4 Å². The lowest BCUT2D eigenvalue weighted by molar-refractivity contribution is 0.0266. The molecule has 2 aromatic carbocycles. The summed E-state index contributed by atoms with van der Waals surface area (Å²) in [4.78, 5) is 22.7. The maximum atomic E-state index is 13.5. The minimum atomic E-state index is -0.668. The molecule has 6 rings (SSSR count). The third kappa shape index (κ3) is 3.90. The van der Waals surface area contributed by atoms with Gasteiger partial charge in [0.1, 0.15) is 0 Å². The fourth-order valence-corrected chi connectivity index (χ4v) is 4.66. The van der Waals surface area contributed by atoms with Gasteiger partial charge in [-0.15, -0.1) is 0 Å². The molecule has 8 heteroatoms. The lowest BCUT2D eigenvalue weighted by Gasteiger charge is -2.23. The minimum absolute atomic E-state index is 0.235. The predicted octanol–water partition coefficient (Wildman–Crippen LogP) is 5.45. The number of hydrogen-bond donors (Lipinski definition) is 0. The van der Waals surface area contributed by atoms with Crippen LogP contribution in [-0.4, -0.2) is 27.9 Å². The molecule has 2 aromatic heterocycles. The maximum absolute atomic E-state index is 13.5. The molecular weight excluding hydrogens is 446 g/mol. The quantitative estimate of drug-likeness (QED) is 0.364. The summed E-state index contributed by atoms with van der Waals surface area (Å²) in [5.41, 5.74) is 5.10. The van der Waals surface area contributed by atoms with E-state index in [2.05, 4.69) is 16.2 Å². The fraction of sp³-hybridized carbons (Fsp3) is 0.259. The largest absolute Gasteiger partial charge is 0.454 e. The Bertz CT molecular complexity index is 1490. The second-order valence-corrected chi connectivity index (χ2v) is 8.69. The van der Waals surface area contributed by atoms with Crippen molar-refractivity contribution in [2.45, 2.75) is 39.2 Å². The predicted molar refractivity (Wildman–Crippen MR) is 128 cm³/mol. The molecule has 0 N–H and O–H groups in total. The van der Waals surface area contributed by atoms with Gasteiger partial charge < -0.3 is 18.7 Å². The highest BCUT2D eigenvalue weighted by atomic mass is 16.7. The van der Waals surface area contributed by atoms with E-state index in [9.17, 15) is 4.79 Å². The first-order valence-corrected chi connectivity index (χ1v) is 11.6. The summed E-state index contributed by atoms with van der Waals surface area (Å²) in [7, 11) is 0. The molecule has 3 heterocycles. The molecule has 0 bridgehead atoms. The molecule has 0 spiro atoms. The summed E-state index contributed by atoms with van der Waals surface area (Å²) >= 11 is 0. The second kappa shape index (κ2) is 8.54. The molecule has 0 amide bonds. The van der Waals surface area contributed by atoms with Crippen LogP contribution in [0.25, 0.3) is 22.6 Å². The Morgan fingerprint density at radius 1 is 1.09 bits per heavy atom. The second-order valence-electron chi connectivity index (χ2n) is 8.69. The summed E-state index contributed by atoms with van der Waals surface area (Å²) < 4.78 is 22.0. The van der Waals surface area contributed by atoms with Crippen molar-refractivity contribution in [1.29, 1.82) is 0 Å². The van der Waals surface area contributed by atoms with Gasteiger partial charge in [0, 0.05) is 5.39 Å². The van der Waals surface area contributed by atoms with E-state index < -0.39 is 12.1 Å². The number of fused-ring (bicyclic) bond motifs is 3. The number of benzene rings is 2. The van der Waals surface area contributed by atoms with Crippen LogP contribution in [0.15, 0.2) is 47.0 Å². The molecular formula is C27H23N3O5. The number of carbonyl (C=O) groups excluding carboxylic acids is 1. The molecule has 4 aromatic rings. The maximum Gasteiger partial charge on any atom is 0.339 e. The molecule has 35 heavy (non-hydrogen) atoms. The zero-order valence-corrected chi connectivity index (χ0v) is 19.4.